The SMILES string of the molecule is O=C(C=Cc1ccc2c(c1)OCO2)NCC1(O)CCOc2ccccc21. The number of nitrogens with one attached hydrogen (secondary N) is 1. The number of amides is 1. The van der Waals surface area contributed by atoms with Gasteiger partial charge in [-0.1, -0.05) is 24.3 Å². The van der Waals surface area contributed by atoms with E-state index in [2.05, 4.69) is 5.32 Å². The smallest absolute Gasteiger partial charge is 0.244 e. The Bertz CT molecular complexity index is 863. The number of aliphatic hydroxyl groups is 1. The third-order valence-corrected chi connectivity index (χ3v) is 4.54. The number of carbonyl (C=O) groups excluding carboxylic acids is 1. The summed E-state index contributed by atoms with van der Waals surface area (Å²) in [7, 11) is 0. The van der Waals surface area contributed by atoms with Gasteiger partial charge in [-0.15, -0.1) is 0 Å². The number of hydrogen-bond acceptors (Lipinski definition) is 5. The molecule has 0 aromatic heterocycles. The topological polar surface area (TPSA) is 77.0 Å². The van der Waals surface area contributed by atoms with Gasteiger partial charge in [-0.05, 0) is 29.8 Å². The highest BCUT2D eigenvalue weighted by Gasteiger charge is 2.35. The minimum absolute atomic E-state index is 0.123. The van der Waals surface area contributed by atoms with Crippen molar-refractivity contribution in [3.8, 4) is 17.2 Å². The fourth-order valence-electron chi connectivity index (χ4n) is 3.11. The summed E-state index contributed by atoms with van der Waals surface area (Å²) in [6.07, 6.45) is 3.56. The first kappa shape index (κ1) is 16.5. The van der Waals surface area contributed by atoms with E-state index in [1.807, 2.05) is 42.5 Å². The molecule has 1 atom stereocenters. The summed E-state index contributed by atoms with van der Waals surface area (Å²) in [5.74, 6) is 1.75. The van der Waals surface area contributed by atoms with E-state index in [1.54, 1.807) is 6.08 Å². The number of ether oxygens (including phenoxy) is 3. The number of rotatable bonds is 4. The van der Waals surface area contributed by atoms with Gasteiger partial charge in [0.05, 0.1) is 13.2 Å². The van der Waals surface area contributed by atoms with Crippen molar-refractivity contribution in [1.82, 2.24) is 5.32 Å². The zero-order chi connectivity index (χ0) is 18.0. The van der Waals surface area contributed by atoms with Gasteiger partial charge in [-0.2, -0.15) is 0 Å². The van der Waals surface area contributed by atoms with Crippen molar-refractivity contribution in [1.29, 1.82) is 0 Å². The Kier molecular flexibility index (Phi) is 4.26. The maximum absolute atomic E-state index is 12.2. The summed E-state index contributed by atoms with van der Waals surface area (Å²) in [5, 5.41) is 13.7. The van der Waals surface area contributed by atoms with E-state index >= 15 is 0 Å². The van der Waals surface area contributed by atoms with E-state index in [1.165, 1.54) is 6.08 Å². The van der Waals surface area contributed by atoms with Gasteiger partial charge in [0.15, 0.2) is 11.5 Å². The van der Waals surface area contributed by atoms with Crippen LogP contribution in [0.1, 0.15) is 17.5 Å². The molecule has 0 radical (unpaired) electrons. The molecule has 0 saturated carbocycles. The van der Waals surface area contributed by atoms with E-state index < -0.39 is 5.60 Å². The van der Waals surface area contributed by atoms with Crippen LogP contribution in [0.4, 0.5) is 0 Å². The summed E-state index contributed by atoms with van der Waals surface area (Å²) < 4.78 is 16.1. The van der Waals surface area contributed by atoms with Crippen LogP contribution in [0.15, 0.2) is 48.5 Å². The highest BCUT2D eigenvalue weighted by molar-refractivity contribution is 5.91. The second-order valence-corrected chi connectivity index (χ2v) is 6.29. The van der Waals surface area contributed by atoms with Crippen molar-refractivity contribution in [3.63, 3.8) is 0 Å². The van der Waals surface area contributed by atoms with Gasteiger partial charge in [-0.3, -0.25) is 4.79 Å². The first-order valence-electron chi connectivity index (χ1n) is 8.44. The molecule has 0 fully saturated rings. The molecule has 26 heavy (non-hydrogen) atoms. The van der Waals surface area contributed by atoms with E-state index in [0.717, 1.165) is 5.56 Å². The van der Waals surface area contributed by atoms with Crippen LogP contribution in [0.2, 0.25) is 0 Å². The molecule has 134 valence electrons. The van der Waals surface area contributed by atoms with Crippen molar-refractivity contribution in [2.45, 2.75) is 12.0 Å². The zero-order valence-corrected chi connectivity index (χ0v) is 14.1. The monoisotopic (exact) mass is 353 g/mol. The van der Waals surface area contributed by atoms with Crippen molar-refractivity contribution in [3.05, 3.63) is 59.7 Å². The van der Waals surface area contributed by atoms with Gasteiger partial charge < -0.3 is 24.6 Å². The first-order valence-corrected chi connectivity index (χ1v) is 8.44. The lowest BCUT2D eigenvalue weighted by Crippen LogP contribution is -2.43. The second kappa shape index (κ2) is 6.72. The van der Waals surface area contributed by atoms with Crippen molar-refractivity contribution in [2.24, 2.45) is 0 Å². The van der Waals surface area contributed by atoms with Gasteiger partial charge in [0.1, 0.15) is 11.4 Å². The number of para-hydroxylation sites is 1. The lowest BCUT2D eigenvalue weighted by molar-refractivity contribution is -0.118. The van der Waals surface area contributed by atoms with E-state index in [4.69, 9.17) is 14.2 Å². The molecule has 6 heteroatoms. The molecule has 2 aliphatic heterocycles. The summed E-state index contributed by atoms with van der Waals surface area (Å²) in [5.41, 5.74) is 0.405. The summed E-state index contributed by atoms with van der Waals surface area (Å²) in [4.78, 5) is 12.2. The van der Waals surface area contributed by atoms with Crippen molar-refractivity contribution in [2.75, 3.05) is 19.9 Å². The zero-order valence-electron chi connectivity index (χ0n) is 14.1. The molecule has 2 heterocycles. The third kappa shape index (κ3) is 3.23. The van der Waals surface area contributed by atoms with Crippen LogP contribution in [-0.2, 0) is 10.4 Å². The van der Waals surface area contributed by atoms with Crippen LogP contribution in [0.25, 0.3) is 6.08 Å². The molecular weight excluding hydrogens is 334 g/mol. The standard InChI is InChI=1S/C20H19NO5/c22-19(8-6-14-5-7-17-18(11-14)26-13-25-17)21-12-20(23)9-10-24-16-4-2-1-3-15(16)20/h1-8,11,23H,9-10,12-13H2,(H,21,22). The summed E-state index contributed by atoms with van der Waals surface area (Å²) in [6.45, 7) is 0.751. The molecule has 1 unspecified atom stereocenters. The van der Waals surface area contributed by atoms with Gasteiger partial charge in [-0.25, -0.2) is 0 Å². The average molecular weight is 353 g/mol. The molecule has 0 spiro atoms. The quantitative estimate of drug-likeness (QED) is 0.824. The Morgan fingerprint density at radius 2 is 1.96 bits per heavy atom. The maximum Gasteiger partial charge on any atom is 0.244 e. The molecular formula is C20H19NO5. The summed E-state index contributed by atoms with van der Waals surface area (Å²) >= 11 is 0. The fourth-order valence-corrected chi connectivity index (χ4v) is 3.11. The van der Waals surface area contributed by atoms with Gasteiger partial charge in [0.25, 0.3) is 0 Å². The lowest BCUT2D eigenvalue weighted by Gasteiger charge is -2.34. The first-order chi connectivity index (χ1) is 12.6. The minimum Gasteiger partial charge on any atom is -0.493 e. The lowest BCUT2D eigenvalue weighted by atomic mass is 9.88. The molecule has 0 saturated heterocycles. The van der Waals surface area contributed by atoms with E-state index in [-0.39, 0.29) is 19.2 Å². The predicted octanol–water partition coefficient (Wildman–Crippen LogP) is 2.21. The minimum atomic E-state index is -1.13. The fraction of sp³-hybridized carbons (Fsp3) is 0.250. The molecule has 2 aromatic carbocycles. The van der Waals surface area contributed by atoms with Gasteiger partial charge >= 0.3 is 0 Å². The van der Waals surface area contributed by atoms with Gasteiger partial charge in [0, 0.05) is 18.1 Å². The Balaban J connectivity index is 1.40. The summed E-state index contributed by atoms with van der Waals surface area (Å²) in [6, 6.07) is 12.8. The largest absolute Gasteiger partial charge is 0.493 e. The Morgan fingerprint density at radius 3 is 2.88 bits per heavy atom. The highest BCUT2D eigenvalue weighted by Crippen LogP contribution is 2.36. The molecule has 0 bridgehead atoms. The molecule has 4 rings (SSSR count). The number of carbonyl (C=O) groups is 1. The van der Waals surface area contributed by atoms with Crippen LogP contribution in [-0.4, -0.2) is 31.0 Å². The molecule has 2 aromatic rings. The Labute approximate surface area is 151 Å². The molecule has 2 aliphatic rings. The Hall–Kier alpha value is -2.99. The average Bonchev–Trinajstić information content (AvgIpc) is 3.13. The van der Waals surface area contributed by atoms with Crippen LogP contribution in [0, 0.1) is 0 Å². The number of fused-ring (bicyclic) bond motifs is 2. The third-order valence-electron chi connectivity index (χ3n) is 4.54. The Morgan fingerprint density at radius 1 is 1.12 bits per heavy atom. The normalized spacial score (nSPS) is 20.5. The number of hydrogen-bond donors (Lipinski definition) is 2. The molecule has 6 nitrogen and oxygen atoms in total. The molecule has 2 N–H and O–H groups in total. The van der Waals surface area contributed by atoms with Crippen LogP contribution < -0.4 is 19.5 Å². The van der Waals surface area contributed by atoms with Crippen LogP contribution in [0.5, 0.6) is 17.2 Å². The maximum atomic E-state index is 12.2. The highest BCUT2D eigenvalue weighted by atomic mass is 16.7. The van der Waals surface area contributed by atoms with E-state index in [9.17, 15) is 9.90 Å². The molecule has 1 amide bonds. The predicted molar refractivity (Wildman–Crippen MR) is 95.1 cm³/mol. The molecule has 0 aliphatic carbocycles. The van der Waals surface area contributed by atoms with Gasteiger partial charge in [0.2, 0.25) is 12.7 Å². The number of benzene rings is 2. The van der Waals surface area contributed by atoms with Crippen LogP contribution >= 0.6 is 0 Å². The van der Waals surface area contributed by atoms with Crippen molar-refractivity contribution >= 4 is 12.0 Å². The van der Waals surface area contributed by atoms with Crippen LogP contribution in [0.3, 0.4) is 0 Å². The van der Waals surface area contributed by atoms with E-state index in [0.29, 0.717) is 35.8 Å². The van der Waals surface area contributed by atoms with Crippen molar-refractivity contribution < 1.29 is 24.1 Å². The second-order valence-electron chi connectivity index (χ2n) is 6.29.